The number of hydrogen-bond acceptors (Lipinski definition) is 5. The van der Waals surface area contributed by atoms with Crippen molar-refractivity contribution in [1.82, 2.24) is 16.4 Å². The SMILES string of the molecule is CNC(=O)[C@@H]1Cc2ccc(NS(=O)(=O)O)cc2CN1C(=O)CCc1ccccc1.N. The van der Waals surface area contributed by atoms with Crippen molar-refractivity contribution in [3.8, 4) is 0 Å². The van der Waals surface area contributed by atoms with E-state index in [4.69, 9.17) is 4.55 Å². The standard InChI is InChI=1S/C20H23N3O5S.H3N/c1-21-20(25)18-12-15-8-9-17(22-29(26,27)28)11-16(15)13-23(18)19(24)10-7-14-5-3-2-4-6-14;/h2-6,8-9,11,18,22H,7,10,12-13H2,1H3,(H,21,25)(H,26,27,28);1H3/t18-;/m0./s1. The molecule has 30 heavy (non-hydrogen) atoms. The topological polar surface area (TPSA) is 151 Å². The molecule has 1 aliphatic heterocycles. The van der Waals surface area contributed by atoms with Gasteiger partial charge in [-0.1, -0.05) is 36.4 Å². The summed E-state index contributed by atoms with van der Waals surface area (Å²) in [6.07, 6.45) is 1.15. The minimum Gasteiger partial charge on any atom is -0.357 e. The smallest absolute Gasteiger partial charge is 0.357 e. The molecule has 162 valence electrons. The fourth-order valence-corrected chi connectivity index (χ4v) is 3.92. The Bertz CT molecular complexity index is 1010. The quantitative estimate of drug-likeness (QED) is 0.508. The largest absolute Gasteiger partial charge is 0.357 e. The number of benzene rings is 2. The van der Waals surface area contributed by atoms with Crippen LogP contribution in [-0.4, -0.2) is 42.8 Å². The molecule has 0 aliphatic carbocycles. The Kier molecular flexibility index (Phi) is 7.54. The van der Waals surface area contributed by atoms with E-state index in [0.717, 1.165) is 16.7 Å². The molecular weight excluding hydrogens is 408 g/mol. The normalized spacial score (nSPS) is 15.5. The van der Waals surface area contributed by atoms with Gasteiger partial charge < -0.3 is 16.4 Å². The van der Waals surface area contributed by atoms with E-state index < -0.39 is 16.3 Å². The minimum atomic E-state index is -4.40. The number of hydrogen-bond donors (Lipinski definition) is 4. The van der Waals surface area contributed by atoms with E-state index in [9.17, 15) is 18.0 Å². The zero-order valence-corrected chi connectivity index (χ0v) is 17.5. The predicted molar refractivity (Wildman–Crippen MR) is 114 cm³/mol. The Morgan fingerprint density at radius 2 is 1.83 bits per heavy atom. The van der Waals surface area contributed by atoms with Crippen molar-refractivity contribution >= 4 is 27.8 Å². The first-order valence-electron chi connectivity index (χ1n) is 9.19. The van der Waals surface area contributed by atoms with E-state index in [1.807, 2.05) is 35.1 Å². The molecule has 1 atom stereocenters. The molecule has 0 unspecified atom stereocenters. The van der Waals surface area contributed by atoms with Gasteiger partial charge >= 0.3 is 10.3 Å². The van der Waals surface area contributed by atoms with Crippen molar-refractivity contribution in [2.45, 2.75) is 31.8 Å². The Hall–Kier alpha value is -2.95. The lowest BCUT2D eigenvalue weighted by Crippen LogP contribution is -2.52. The maximum Gasteiger partial charge on any atom is 0.357 e. The molecule has 2 aromatic carbocycles. The van der Waals surface area contributed by atoms with Gasteiger partial charge in [0, 0.05) is 26.4 Å². The Labute approximate surface area is 175 Å². The zero-order chi connectivity index (χ0) is 21.0. The second kappa shape index (κ2) is 9.70. The van der Waals surface area contributed by atoms with Crippen LogP contribution in [-0.2, 0) is 39.3 Å². The molecule has 0 bridgehead atoms. The summed E-state index contributed by atoms with van der Waals surface area (Å²) < 4.78 is 33.1. The summed E-state index contributed by atoms with van der Waals surface area (Å²) in [7, 11) is -2.86. The number of aryl methyl sites for hydroxylation is 1. The van der Waals surface area contributed by atoms with Crippen LogP contribution in [0.2, 0.25) is 0 Å². The lowest BCUT2D eigenvalue weighted by molar-refractivity contribution is -0.141. The third-order valence-electron chi connectivity index (χ3n) is 4.92. The molecule has 1 aliphatic rings. The number of nitrogens with zero attached hydrogens (tertiary/aromatic N) is 1. The van der Waals surface area contributed by atoms with Crippen LogP contribution >= 0.6 is 0 Å². The number of nitrogens with one attached hydrogen (secondary N) is 2. The van der Waals surface area contributed by atoms with Crippen LogP contribution in [0.5, 0.6) is 0 Å². The third-order valence-corrected chi connectivity index (χ3v) is 5.42. The van der Waals surface area contributed by atoms with Crippen LogP contribution in [0.25, 0.3) is 0 Å². The van der Waals surface area contributed by atoms with Gasteiger partial charge in [0.2, 0.25) is 11.8 Å². The van der Waals surface area contributed by atoms with Gasteiger partial charge in [0.05, 0.1) is 5.69 Å². The Balaban J connectivity index is 0.00000320. The van der Waals surface area contributed by atoms with Crippen molar-refractivity contribution in [3.63, 3.8) is 0 Å². The maximum absolute atomic E-state index is 12.9. The van der Waals surface area contributed by atoms with E-state index in [1.54, 1.807) is 12.1 Å². The van der Waals surface area contributed by atoms with Gasteiger partial charge in [-0.05, 0) is 35.2 Å². The third kappa shape index (κ3) is 5.78. The lowest BCUT2D eigenvalue weighted by atomic mass is 9.92. The Morgan fingerprint density at radius 1 is 1.13 bits per heavy atom. The van der Waals surface area contributed by atoms with Gasteiger partial charge in [-0.25, -0.2) is 0 Å². The van der Waals surface area contributed by atoms with Crippen LogP contribution in [0.3, 0.4) is 0 Å². The van der Waals surface area contributed by atoms with Gasteiger partial charge in [0.1, 0.15) is 6.04 Å². The number of fused-ring (bicyclic) bond motifs is 1. The van der Waals surface area contributed by atoms with Crippen molar-refractivity contribution in [3.05, 3.63) is 65.2 Å². The molecule has 9 nitrogen and oxygen atoms in total. The first kappa shape index (κ1) is 23.3. The van der Waals surface area contributed by atoms with Crippen LogP contribution in [0, 0.1) is 0 Å². The lowest BCUT2D eigenvalue weighted by Gasteiger charge is -2.36. The number of amides is 2. The summed E-state index contributed by atoms with van der Waals surface area (Å²) in [5.74, 6) is -0.398. The van der Waals surface area contributed by atoms with Crippen molar-refractivity contribution in [1.29, 1.82) is 0 Å². The van der Waals surface area contributed by atoms with E-state index >= 15 is 0 Å². The molecule has 0 fully saturated rings. The number of carbonyl (C=O) groups excluding carboxylic acids is 2. The summed E-state index contributed by atoms with van der Waals surface area (Å²) in [6, 6.07) is 13.8. The molecule has 0 spiro atoms. The van der Waals surface area contributed by atoms with E-state index in [-0.39, 0.29) is 36.6 Å². The van der Waals surface area contributed by atoms with Crippen molar-refractivity contribution in [2.75, 3.05) is 11.8 Å². The molecule has 0 radical (unpaired) electrons. The highest BCUT2D eigenvalue weighted by Crippen LogP contribution is 2.27. The number of carbonyl (C=O) groups is 2. The maximum atomic E-state index is 12.9. The summed E-state index contributed by atoms with van der Waals surface area (Å²) >= 11 is 0. The number of anilines is 1. The molecule has 6 N–H and O–H groups in total. The molecule has 3 rings (SSSR count). The first-order chi connectivity index (χ1) is 13.8. The van der Waals surface area contributed by atoms with E-state index in [2.05, 4.69) is 5.32 Å². The number of rotatable bonds is 6. The molecule has 0 saturated carbocycles. The monoisotopic (exact) mass is 434 g/mol. The van der Waals surface area contributed by atoms with Gasteiger partial charge in [0.15, 0.2) is 0 Å². The van der Waals surface area contributed by atoms with Crippen LogP contribution in [0.1, 0.15) is 23.1 Å². The van der Waals surface area contributed by atoms with Gasteiger partial charge in [-0.3, -0.25) is 18.9 Å². The molecule has 1 heterocycles. The van der Waals surface area contributed by atoms with Gasteiger partial charge in [0.25, 0.3) is 0 Å². The molecule has 2 aromatic rings. The highest BCUT2D eigenvalue weighted by atomic mass is 32.2. The minimum absolute atomic E-state index is 0. The van der Waals surface area contributed by atoms with E-state index in [0.29, 0.717) is 12.8 Å². The van der Waals surface area contributed by atoms with Gasteiger partial charge in [-0.15, -0.1) is 0 Å². The first-order valence-corrected chi connectivity index (χ1v) is 10.6. The fourth-order valence-electron chi connectivity index (χ4n) is 3.50. The molecule has 0 saturated heterocycles. The second-order valence-corrected chi connectivity index (χ2v) is 8.06. The summed E-state index contributed by atoms with van der Waals surface area (Å²) in [5.41, 5.74) is 2.81. The summed E-state index contributed by atoms with van der Waals surface area (Å²) in [6.45, 7) is 0.183. The average Bonchev–Trinajstić information content (AvgIpc) is 2.70. The molecule has 0 aromatic heterocycles. The second-order valence-electron chi connectivity index (χ2n) is 6.90. The fraction of sp³-hybridized carbons (Fsp3) is 0.300. The average molecular weight is 435 g/mol. The zero-order valence-electron chi connectivity index (χ0n) is 16.7. The molecular formula is C20H26N4O5S. The number of likely N-dealkylation sites (N-methyl/N-ethyl adjacent to an activating group) is 1. The van der Waals surface area contributed by atoms with Crippen molar-refractivity contribution in [2.24, 2.45) is 0 Å². The Morgan fingerprint density at radius 3 is 2.47 bits per heavy atom. The van der Waals surface area contributed by atoms with Crippen molar-refractivity contribution < 1.29 is 22.6 Å². The van der Waals surface area contributed by atoms with Crippen LogP contribution in [0.15, 0.2) is 48.5 Å². The highest BCUT2D eigenvalue weighted by molar-refractivity contribution is 7.87. The molecule has 2 amide bonds. The van der Waals surface area contributed by atoms with Gasteiger partial charge in [-0.2, -0.15) is 8.42 Å². The van der Waals surface area contributed by atoms with Crippen LogP contribution < -0.4 is 16.2 Å². The predicted octanol–water partition coefficient (Wildman–Crippen LogP) is 1.70. The van der Waals surface area contributed by atoms with E-state index in [1.165, 1.54) is 18.0 Å². The van der Waals surface area contributed by atoms with Crippen LogP contribution in [0.4, 0.5) is 5.69 Å². The molecule has 10 heteroatoms. The summed E-state index contributed by atoms with van der Waals surface area (Å²) in [5, 5.41) is 2.61. The summed E-state index contributed by atoms with van der Waals surface area (Å²) in [4.78, 5) is 26.8. The highest BCUT2D eigenvalue weighted by Gasteiger charge is 2.34.